The minimum Gasteiger partial charge on any atom is -0.386 e. The third-order valence-corrected chi connectivity index (χ3v) is 9.87. The molecule has 0 spiro atoms. The lowest BCUT2D eigenvalue weighted by Gasteiger charge is -2.30. The fourth-order valence-corrected chi connectivity index (χ4v) is 7.53. The highest BCUT2D eigenvalue weighted by atomic mass is 16.3. The number of nitrogens with zero attached hydrogens (tertiary/aromatic N) is 2. The van der Waals surface area contributed by atoms with Crippen LogP contribution in [0.2, 0.25) is 0 Å². The molecule has 5 rings (SSSR count). The van der Waals surface area contributed by atoms with E-state index in [2.05, 4.69) is 89.6 Å². The number of H-pyrrole nitrogens is 2. The number of fused-ring (bicyclic) bond motifs is 8. The molecule has 3 N–H and O–H groups in total. The number of hydrogen-bond donors (Lipinski definition) is 3. The standard InChI is InChI=1S/C36H48N4O/c1-9-21-22(10-2)28-18-30-25(13-5)26(14-6)32(39-30)20-34-36(15-7,16-8)35(41)33(40-34)19-31-24(12-4)23(11-3)29(38-31)17-27(21)37-28/h17-20,35,37-38,41H,9-16H2,1-8H3. The maximum atomic E-state index is 11.8. The molecule has 2 aliphatic rings. The van der Waals surface area contributed by atoms with Gasteiger partial charge in [0.25, 0.3) is 0 Å². The zero-order valence-corrected chi connectivity index (χ0v) is 26.4. The molecule has 5 heterocycles. The van der Waals surface area contributed by atoms with E-state index in [1.807, 2.05) is 0 Å². The maximum absolute atomic E-state index is 11.8. The molecule has 5 heteroatoms. The Hall–Kier alpha value is -3.18. The van der Waals surface area contributed by atoms with Crippen molar-refractivity contribution in [2.45, 2.75) is 118 Å². The zero-order valence-electron chi connectivity index (χ0n) is 26.4. The summed E-state index contributed by atoms with van der Waals surface area (Å²) >= 11 is 0. The predicted molar refractivity (Wildman–Crippen MR) is 173 cm³/mol. The van der Waals surface area contributed by atoms with E-state index in [9.17, 15) is 5.11 Å². The van der Waals surface area contributed by atoms with Crippen LogP contribution in [0.1, 0.15) is 132 Å². The molecular weight excluding hydrogens is 504 g/mol. The van der Waals surface area contributed by atoms with E-state index in [-0.39, 0.29) is 0 Å². The van der Waals surface area contributed by atoms with Crippen molar-refractivity contribution in [2.24, 2.45) is 0 Å². The average molecular weight is 553 g/mol. The molecule has 1 atom stereocenters. The molecule has 8 bridgehead atoms. The largest absolute Gasteiger partial charge is 0.386 e. The molecule has 5 nitrogen and oxygen atoms in total. The number of aromatic nitrogens is 4. The van der Waals surface area contributed by atoms with Crippen LogP contribution >= 0.6 is 0 Å². The number of aryl methyl sites for hydroxylation is 4. The Kier molecular flexibility index (Phi) is 8.29. The van der Waals surface area contributed by atoms with E-state index in [4.69, 9.17) is 9.97 Å². The molecular formula is C36H48N4O. The summed E-state index contributed by atoms with van der Waals surface area (Å²) in [6, 6.07) is 8.88. The minimum atomic E-state index is -0.661. The first-order valence-electron chi connectivity index (χ1n) is 16.0. The molecule has 0 saturated heterocycles. The van der Waals surface area contributed by atoms with Gasteiger partial charge in [0.2, 0.25) is 0 Å². The Morgan fingerprint density at radius 2 is 1.02 bits per heavy atom. The van der Waals surface area contributed by atoms with Crippen molar-refractivity contribution in [1.82, 2.24) is 19.9 Å². The van der Waals surface area contributed by atoms with Crippen LogP contribution in [0.25, 0.3) is 33.2 Å². The highest BCUT2D eigenvalue weighted by Gasteiger charge is 2.44. The summed E-state index contributed by atoms with van der Waals surface area (Å²) in [5, 5.41) is 11.8. The first kappa shape index (κ1) is 29.3. The molecule has 3 aromatic rings. The average Bonchev–Trinajstić information content (AvgIpc) is 3.67. The van der Waals surface area contributed by atoms with E-state index in [0.29, 0.717) is 0 Å². The van der Waals surface area contributed by atoms with Crippen LogP contribution in [0.4, 0.5) is 0 Å². The third-order valence-electron chi connectivity index (χ3n) is 9.87. The summed E-state index contributed by atoms with van der Waals surface area (Å²) in [6.45, 7) is 17.7. The van der Waals surface area contributed by atoms with Crippen LogP contribution in [0, 0.1) is 0 Å². The highest BCUT2D eigenvalue weighted by molar-refractivity contribution is 5.93. The van der Waals surface area contributed by atoms with Gasteiger partial charge in [-0.15, -0.1) is 0 Å². The fraction of sp³-hybridized carbons (Fsp3) is 0.500. The van der Waals surface area contributed by atoms with Gasteiger partial charge in [-0.25, -0.2) is 4.98 Å². The number of aromatic amines is 2. The molecule has 0 amide bonds. The van der Waals surface area contributed by atoms with E-state index in [1.54, 1.807) is 0 Å². The lowest BCUT2D eigenvalue weighted by Crippen LogP contribution is -2.28. The summed E-state index contributed by atoms with van der Waals surface area (Å²) in [6.07, 6.45) is 6.59. The molecule has 0 aliphatic carbocycles. The first-order chi connectivity index (χ1) is 19.8. The van der Waals surface area contributed by atoms with E-state index < -0.39 is 11.5 Å². The first-order valence-corrected chi connectivity index (χ1v) is 16.0. The van der Waals surface area contributed by atoms with Gasteiger partial charge in [-0.3, -0.25) is 4.98 Å². The second-order valence-corrected chi connectivity index (χ2v) is 11.5. The summed E-state index contributed by atoms with van der Waals surface area (Å²) in [5.74, 6) is 0. The van der Waals surface area contributed by atoms with Crippen LogP contribution in [0.5, 0.6) is 0 Å². The Bertz CT molecular complexity index is 1650. The van der Waals surface area contributed by atoms with Gasteiger partial charge in [0.15, 0.2) is 0 Å². The van der Waals surface area contributed by atoms with Gasteiger partial charge >= 0.3 is 0 Å². The number of allylic oxidation sites excluding steroid dienone is 2. The molecule has 0 saturated carbocycles. The number of aliphatic hydroxyl groups is 1. The normalized spacial score (nSPS) is 16.6. The molecule has 2 aliphatic heterocycles. The SMILES string of the molecule is CCC1=C(CC)c2cc3[nH]c(cc4[nH]c(cc5nc(cc1n2)C(CC)(CC)C5O)c(CC)c4CC)c(CC)c3CC. The predicted octanol–water partition coefficient (Wildman–Crippen LogP) is 9.09. The topological polar surface area (TPSA) is 77.6 Å². The molecule has 0 fully saturated rings. The van der Waals surface area contributed by atoms with Gasteiger partial charge in [0.05, 0.1) is 22.8 Å². The van der Waals surface area contributed by atoms with Crippen molar-refractivity contribution in [3.05, 3.63) is 69.3 Å². The van der Waals surface area contributed by atoms with E-state index >= 15 is 0 Å². The summed E-state index contributed by atoms with van der Waals surface area (Å²) in [4.78, 5) is 18.0. The number of nitrogens with one attached hydrogen (secondary N) is 2. The highest BCUT2D eigenvalue weighted by Crippen LogP contribution is 2.47. The third kappa shape index (κ3) is 4.57. The maximum Gasteiger partial charge on any atom is 0.107 e. The quantitative estimate of drug-likeness (QED) is 0.261. The number of hydrogen-bond acceptors (Lipinski definition) is 3. The van der Waals surface area contributed by atoms with Crippen LogP contribution < -0.4 is 0 Å². The van der Waals surface area contributed by atoms with Crippen LogP contribution in [0.15, 0.2) is 24.3 Å². The lowest BCUT2D eigenvalue weighted by atomic mass is 9.75. The van der Waals surface area contributed by atoms with Crippen molar-refractivity contribution in [1.29, 1.82) is 0 Å². The summed E-state index contributed by atoms with van der Waals surface area (Å²) in [5.41, 5.74) is 15.9. The molecule has 3 aromatic heterocycles. The molecule has 0 aromatic carbocycles. The van der Waals surface area contributed by atoms with Crippen LogP contribution in [-0.2, 0) is 31.1 Å². The van der Waals surface area contributed by atoms with Gasteiger partial charge in [-0.1, -0.05) is 55.4 Å². The van der Waals surface area contributed by atoms with Crippen LogP contribution in [0.3, 0.4) is 0 Å². The molecule has 1 unspecified atom stereocenters. The second kappa shape index (κ2) is 11.6. The molecule has 41 heavy (non-hydrogen) atoms. The number of rotatable bonds is 8. The van der Waals surface area contributed by atoms with E-state index in [0.717, 1.165) is 90.7 Å². The van der Waals surface area contributed by atoms with Gasteiger partial charge in [0, 0.05) is 27.5 Å². The Labute approximate surface area is 245 Å². The smallest absolute Gasteiger partial charge is 0.107 e. The second-order valence-electron chi connectivity index (χ2n) is 11.5. The van der Waals surface area contributed by atoms with Crippen molar-refractivity contribution in [2.75, 3.05) is 0 Å². The van der Waals surface area contributed by atoms with E-state index in [1.165, 1.54) is 38.9 Å². The van der Waals surface area contributed by atoms with Gasteiger partial charge in [0.1, 0.15) is 6.10 Å². The van der Waals surface area contributed by atoms with Crippen molar-refractivity contribution < 1.29 is 5.11 Å². The molecule has 218 valence electrons. The van der Waals surface area contributed by atoms with Crippen molar-refractivity contribution >= 4 is 33.2 Å². The Morgan fingerprint density at radius 3 is 1.46 bits per heavy atom. The number of aliphatic hydroxyl groups excluding tert-OH is 1. The minimum absolute atomic E-state index is 0.430. The summed E-state index contributed by atoms with van der Waals surface area (Å²) < 4.78 is 0. The van der Waals surface area contributed by atoms with Gasteiger partial charge in [-0.05, 0) is 109 Å². The molecule has 0 radical (unpaired) electrons. The Balaban J connectivity index is 2.03. The van der Waals surface area contributed by atoms with Crippen LogP contribution in [-0.4, -0.2) is 25.0 Å². The Morgan fingerprint density at radius 1 is 0.585 bits per heavy atom. The zero-order chi connectivity index (χ0) is 29.5. The van der Waals surface area contributed by atoms with Gasteiger partial charge < -0.3 is 15.1 Å². The fourth-order valence-electron chi connectivity index (χ4n) is 7.53. The lowest BCUT2D eigenvalue weighted by molar-refractivity contribution is 0.0820. The van der Waals surface area contributed by atoms with Crippen molar-refractivity contribution in [3.63, 3.8) is 0 Å². The van der Waals surface area contributed by atoms with Crippen molar-refractivity contribution in [3.8, 4) is 0 Å². The monoisotopic (exact) mass is 552 g/mol. The summed E-state index contributed by atoms with van der Waals surface area (Å²) in [7, 11) is 0. The van der Waals surface area contributed by atoms with Gasteiger partial charge in [-0.2, -0.15) is 0 Å².